The highest BCUT2D eigenvalue weighted by Crippen LogP contribution is 2.24. The lowest BCUT2D eigenvalue weighted by molar-refractivity contribution is -0.120. The summed E-state index contributed by atoms with van der Waals surface area (Å²) in [4.78, 5) is 22.6. The molecule has 1 aromatic heterocycles. The number of benzene rings is 1. The van der Waals surface area contributed by atoms with Crippen LogP contribution < -0.4 is 0 Å². The molecule has 1 heterocycles. The van der Waals surface area contributed by atoms with Crippen LogP contribution in [0.5, 0.6) is 0 Å². The van der Waals surface area contributed by atoms with Gasteiger partial charge in [-0.15, -0.1) is 0 Å². The predicted molar refractivity (Wildman–Crippen MR) is 65.1 cm³/mol. The molecule has 4 heteroatoms. The summed E-state index contributed by atoms with van der Waals surface area (Å²) in [5.74, 6) is -0.138. The molecule has 18 heavy (non-hydrogen) atoms. The molecule has 0 saturated heterocycles. The van der Waals surface area contributed by atoms with Crippen molar-refractivity contribution in [2.75, 3.05) is 6.61 Å². The number of esters is 1. The molecule has 0 saturated carbocycles. The molecule has 0 unspecified atom stereocenters. The van der Waals surface area contributed by atoms with E-state index in [9.17, 15) is 9.59 Å². The molecular weight excluding hydrogens is 232 g/mol. The molecule has 0 N–H and O–H groups in total. The molecular formula is C14H12O4. The lowest BCUT2D eigenvalue weighted by Crippen LogP contribution is -2.12. The van der Waals surface area contributed by atoms with Crippen LogP contribution in [-0.2, 0) is 9.53 Å². The molecule has 1 aromatic carbocycles. The van der Waals surface area contributed by atoms with E-state index in [-0.39, 0.29) is 12.4 Å². The quantitative estimate of drug-likeness (QED) is 0.776. The Bertz CT molecular complexity index is 555. The van der Waals surface area contributed by atoms with Gasteiger partial charge in [0.25, 0.3) is 0 Å². The zero-order valence-electron chi connectivity index (χ0n) is 9.88. The minimum atomic E-state index is -0.530. The molecule has 0 atom stereocenters. The number of ether oxygens (including phenoxy) is 1. The van der Waals surface area contributed by atoms with Crippen molar-refractivity contribution in [2.45, 2.75) is 6.92 Å². The molecule has 0 amide bonds. The van der Waals surface area contributed by atoms with Crippen LogP contribution in [0.2, 0.25) is 0 Å². The number of furan rings is 1. The molecule has 2 aromatic rings. The molecule has 0 aliphatic rings. The predicted octanol–water partition coefficient (Wildman–Crippen LogP) is 2.69. The summed E-state index contributed by atoms with van der Waals surface area (Å²) in [7, 11) is 0. The maximum Gasteiger partial charge on any atom is 0.339 e. The first-order valence-corrected chi connectivity index (χ1v) is 5.48. The van der Waals surface area contributed by atoms with Gasteiger partial charge < -0.3 is 9.15 Å². The maximum atomic E-state index is 11.8. The first kappa shape index (κ1) is 12.1. The molecule has 0 radical (unpaired) electrons. The van der Waals surface area contributed by atoms with Crippen molar-refractivity contribution in [1.82, 2.24) is 0 Å². The molecule has 0 fully saturated rings. The second-order valence-corrected chi connectivity index (χ2v) is 3.80. The average molecular weight is 244 g/mol. The Hall–Kier alpha value is -2.36. The van der Waals surface area contributed by atoms with Crippen molar-refractivity contribution in [3.05, 3.63) is 48.2 Å². The Morgan fingerprint density at radius 1 is 1.17 bits per heavy atom. The maximum absolute atomic E-state index is 11.8. The van der Waals surface area contributed by atoms with E-state index in [1.807, 2.05) is 0 Å². The van der Waals surface area contributed by atoms with E-state index >= 15 is 0 Å². The highest BCUT2D eigenvalue weighted by molar-refractivity contribution is 5.97. The highest BCUT2D eigenvalue weighted by Gasteiger charge is 2.15. The second kappa shape index (κ2) is 5.31. The summed E-state index contributed by atoms with van der Waals surface area (Å²) < 4.78 is 10.2. The van der Waals surface area contributed by atoms with Gasteiger partial charge in [-0.05, 0) is 25.1 Å². The van der Waals surface area contributed by atoms with Gasteiger partial charge in [-0.3, -0.25) is 4.79 Å². The molecule has 2 rings (SSSR count). The molecule has 4 nitrogen and oxygen atoms in total. The zero-order valence-corrected chi connectivity index (χ0v) is 9.88. The van der Waals surface area contributed by atoms with Crippen LogP contribution in [-0.4, -0.2) is 18.4 Å². The Balaban J connectivity index is 2.28. The minimum absolute atomic E-state index is 0.196. The van der Waals surface area contributed by atoms with Crippen LogP contribution in [0, 0.1) is 0 Å². The standard InChI is InChI=1S/C14H12O4/c1-10(15)9-18-14(16)12-6-3-2-5-11(12)13-7-4-8-17-13/h2-8H,9H2,1H3. The number of hydrogen-bond donors (Lipinski definition) is 0. The summed E-state index contributed by atoms with van der Waals surface area (Å²) in [6.07, 6.45) is 1.53. The normalized spacial score (nSPS) is 10.1. The Morgan fingerprint density at radius 2 is 1.94 bits per heavy atom. The fourth-order valence-electron chi connectivity index (χ4n) is 1.55. The van der Waals surface area contributed by atoms with Crippen LogP contribution in [0.1, 0.15) is 17.3 Å². The Labute approximate surface area is 104 Å². The summed E-state index contributed by atoms with van der Waals surface area (Å²) in [6, 6.07) is 10.4. The van der Waals surface area contributed by atoms with E-state index < -0.39 is 5.97 Å². The third-order valence-electron chi connectivity index (χ3n) is 2.34. The monoisotopic (exact) mass is 244 g/mol. The van der Waals surface area contributed by atoms with Gasteiger partial charge in [-0.25, -0.2) is 4.79 Å². The lowest BCUT2D eigenvalue weighted by Gasteiger charge is -2.06. The van der Waals surface area contributed by atoms with Gasteiger partial charge in [-0.2, -0.15) is 0 Å². The van der Waals surface area contributed by atoms with E-state index in [0.717, 1.165) is 0 Å². The summed E-state index contributed by atoms with van der Waals surface area (Å²) in [5, 5.41) is 0. The number of ketones is 1. The average Bonchev–Trinajstić information content (AvgIpc) is 2.89. The highest BCUT2D eigenvalue weighted by atomic mass is 16.5. The molecule has 92 valence electrons. The van der Waals surface area contributed by atoms with Gasteiger partial charge in [0, 0.05) is 5.56 Å². The lowest BCUT2D eigenvalue weighted by atomic mass is 10.1. The Kier molecular flexibility index (Phi) is 3.57. The fourth-order valence-corrected chi connectivity index (χ4v) is 1.55. The van der Waals surface area contributed by atoms with Crippen molar-refractivity contribution >= 4 is 11.8 Å². The number of rotatable bonds is 4. The van der Waals surface area contributed by atoms with Gasteiger partial charge >= 0.3 is 5.97 Å². The van der Waals surface area contributed by atoms with E-state index in [1.165, 1.54) is 13.2 Å². The fraction of sp³-hybridized carbons (Fsp3) is 0.143. The summed E-state index contributed by atoms with van der Waals surface area (Å²) in [5.41, 5.74) is 1.03. The SMILES string of the molecule is CC(=O)COC(=O)c1ccccc1-c1ccco1. The van der Waals surface area contributed by atoms with Crippen LogP contribution in [0.3, 0.4) is 0 Å². The van der Waals surface area contributed by atoms with Gasteiger partial charge in [0.2, 0.25) is 0 Å². The number of hydrogen-bond acceptors (Lipinski definition) is 4. The molecule has 0 bridgehead atoms. The minimum Gasteiger partial charge on any atom is -0.464 e. The number of Topliss-reactive ketones (excluding diaryl/α,β-unsaturated/α-hetero) is 1. The largest absolute Gasteiger partial charge is 0.464 e. The first-order valence-electron chi connectivity index (χ1n) is 5.48. The van der Waals surface area contributed by atoms with Crippen molar-refractivity contribution in [2.24, 2.45) is 0 Å². The van der Waals surface area contributed by atoms with Gasteiger partial charge in [0.05, 0.1) is 11.8 Å². The van der Waals surface area contributed by atoms with Crippen LogP contribution in [0.15, 0.2) is 47.1 Å². The Morgan fingerprint density at radius 3 is 2.61 bits per heavy atom. The van der Waals surface area contributed by atoms with Crippen LogP contribution in [0.4, 0.5) is 0 Å². The second-order valence-electron chi connectivity index (χ2n) is 3.80. The molecule has 0 aliphatic heterocycles. The van der Waals surface area contributed by atoms with Crippen LogP contribution >= 0.6 is 0 Å². The van der Waals surface area contributed by atoms with E-state index in [0.29, 0.717) is 16.9 Å². The van der Waals surface area contributed by atoms with Crippen molar-refractivity contribution < 1.29 is 18.7 Å². The van der Waals surface area contributed by atoms with Crippen molar-refractivity contribution in [3.63, 3.8) is 0 Å². The van der Waals surface area contributed by atoms with Crippen molar-refractivity contribution in [1.29, 1.82) is 0 Å². The third-order valence-corrected chi connectivity index (χ3v) is 2.34. The topological polar surface area (TPSA) is 56.5 Å². The third kappa shape index (κ3) is 2.66. The summed E-state index contributed by atoms with van der Waals surface area (Å²) in [6.45, 7) is 1.15. The molecule has 0 spiro atoms. The first-order chi connectivity index (χ1) is 8.68. The summed E-state index contributed by atoms with van der Waals surface area (Å²) >= 11 is 0. The number of carbonyl (C=O) groups excluding carboxylic acids is 2. The number of carbonyl (C=O) groups is 2. The van der Waals surface area contributed by atoms with Gasteiger partial charge in [0.1, 0.15) is 12.4 Å². The molecule has 0 aliphatic carbocycles. The van der Waals surface area contributed by atoms with Gasteiger partial charge in [-0.1, -0.05) is 18.2 Å². The van der Waals surface area contributed by atoms with Crippen LogP contribution in [0.25, 0.3) is 11.3 Å². The van der Waals surface area contributed by atoms with E-state index in [4.69, 9.17) is 9.15 Å². The van der Waals surface area contributed by atoms with E-state index in [1.54, 1.807) is 36.4 Å². The zero-order chi connectivity index (χ0) is 13.0. The van der Waals surface area contributed by atoms with Gasteiger partial charge in [0.15, 0.2) is 5.78 Å². The smallest absolute Gasteiger partial charge is 0.339 e. The van der Waals surface area contributed by atoms with Crippen molar-refractivity contribution in [3.8, 4) is 11.3 Å². The van der Waals surface area contributed by atoms with E-state index in [2.05, 4.69) is 0 Å².